The molecular weight excluding hydrogens is 306 g/mol. The maximum atomic E-state index is 6.06. The van der Waals surface area contributed by atoms with Gasteiger partial charge in [0.1, 0.15) is 11.5 Å². The third kappa shape index (κ3) is 2.14. The van der Waals surface area contributed by atoms with Crippen LogP contribution in [-0.2, 0) is 0 Å². The minimum absolute atomic E-state index is 0.602. The number of aromatic nitrogens is 4. The monoisotopic (exact) mass is 323 g/mol. The molecule has 116 valence electrons. The summed E-state index contributed by atoms with van der Waals surface area (Å²) in [5.41, 5.74) is 12.2. The number of aryl methyl sites for hydroxylation is 3. The van der Waals surface area contributed by atoms with Crippen molar-refractivity contribution in [2.45, 2.75) is 20.8 Å². The van der Waals surface area contributed by atoms with Crippen LogP contribution in [0.2, 0.25) is 0 Å². The summed E-state index contributed by atoms with van der Waals surface area (Å²) in [5.74, 6) is 0.602. The highest BCUT2D eigenvalue weighted by Crippen LogP contribution is 2.34. The highest BCUT2D eigenvalue weighted by atomic mass is 32.1. The van der Waals surface area contributed by atoms with E-state index in [9.17, 15) is 0 Å². The van der Waals surface area contributed by atoms with Gasteiger partial charge < -0.3 is 10.3 Å². The molecule has 23 heavy (non-hydrogen) atoms. The summed E-state index contributed by atoms with van der Waals surface area (Å²) >= 11 is 1.68. The number of hydrogen-bond acceptors (Lipinski definition) is 4. The molecule has 2 N–H and O–H groups in total. The molecule has 0 radical (unpaired) electrons. The van der Waals surface area contributed by atoms with Gasteiger partial charge in [0, 0.05) is 29.2 Å². The van der Waals surface area contributed by atoms with Crippen LogP contribution in [0.5, 0.6) is 0 Å². The Kier molecular flexibility index (Phi) is 3.02. The van der Waals surface area contributed by atoms with E-state index in [1.165, 1.54) is 11.4 Å². The minimum atomic E-state index is 0.602. The fourth-order valence-corrected chi connectivity index (χ4v) is 3.79. The lowest BCUT2D eigenvalue weighted by Crippen LogP contribution is -2.01. The average Bonchev–Trinajstić information content (AvgIpc) is 3.17. The fourth-order valence-electron chi connectivity index (χ4n) is 2.96. The summed E-state index contributed by atoms with van der Waals surface area (Å²) in [6, 6.07) is 10.2. The van der Waals surface area contributed by atoms with Crippen molar-refractivity contribution in [1.29, 1.82) is 0 Å². The molecule has 0 aromatic carbocycles. The maximum absolute atomic E-state index is 6.06. The van der Waals surface area contributed by atoms with E-state index in [2.05, 4.69) is 52.1 Å². The summed E-state index contributed by atoms with van der Waals surface area (Å²) < 4.78 is 3.94. The van der Waals surface area contributed by atoms with E-state index in [1.54, 1.807) is 15.9 Å². The van der Waals surface area contributed by atoms with Gasteiger partial charge in [-0.25, -0.2) is 4.98 Å². The van der Waals surface area contributed by atoms with E-state index in [4.69, 9.17) is 5.73 Å². The van der Waals surface area contributed by atoms with Crippen molar-refractivity contribution < 1.29 is 0 Å². The van der Waals surface area contributed by atoms with Crippen molar-refractivity contribution >= 4 is 22.8 Å². The summed E-state index contributed by atoms with van der Waals surface area (Å²) in [7, 11) is 0. The van der Waals surface area contributed by atoms with Crippen LogP contribution < -0.4 is 5.73 Å². The van der Waals surface area contributed by atoms with E-state index < -0.39 is 0 Å². The molecule has 0 saturated carbocycles. The smallest absolute Gasteiger partial charge is 0.158 e. The third-order valence-corrected chi connectivity index (χ3v) is 4.90. The van der Waals surface area contributed by atoms with E-state index in [1.807, 2.05) is 19.1 Å². The molecule has 0 bridgehead atoms. The first-order chi connectivity index (χ1) is 11.0. The predicted molar refractivity (Wildman–Crippen MR) is 94.3 cm³/mol. The molecule has 0 fully saturated rings. The molecule has 0 unspecified atom stereocenters. The Morgan fingerprint density at radius 3 is 2.52 bits per heavy atom. The van der Waals surface area contributed by atoms with Crippen molar-refractivity contribution in [3.05, 3.63) is 52.8 Å². The second-order valence-corrected chi connectivity index (χ2v) is 6.62. The molecule has 0 spiro atoms. The van der Waals surface area contributed by atoms with Gasteiger partial charge >= 0.3 is 0 Å². The Bertz CT molecular complexity index is 1000. The number of thiophene rings is 1. The number of anilines is 1. The molecular formula is C17H17N5S. The van der Waals surface area contributed by atoms with Crippen molar-refractivity contribution in [3.63, 3.8) is 0 Å². The Morgan fingerprint density at radius 2 is 1.78 bits per heavy atom. The quantitative estimate of drug-likeness (QED) is 0.611. The highest BCUT2D eigenvalue weighted by molar-refractivity contribution is 7.14. The van der Waals surface area contributed by atoms with E-state index in [-0.39, 0.29) is 0 Å². The van der Waals surface area contributed by atoms with Gasteiger partial charge in [0.15, 0.2) is 5.65 Å². The largest absolute Gasteiger partial charge is 0.384 e. The first-order valence-electron chi connectivity index (χ1n) is 7.40. The first-order valence-corrected chi connectivity index (χ1v) is 8.28. The summed E-state index contributed by atoms with van der Waals surface area (Å²) in [6.45, 7) is 6.16. The van der Waals surface area contributed by atoms with Gasteiger partial charge in [-0.15, -0.1) is 11.3 Å². The molecule has 4 heterocycles. The zero-order valence-electron chi connectivity index (χ0n) is 13.2. The van der Waals surface area contributed by atoms with Crippen LogP contribution in [0.15, 0.2) is 35.7 Å². The molecule has 0 atom stereocenters. The zero-order chi connectivity index (χ0) is 16.1. The number of nitrogens with zero attached hydrogens (tertiary/aromatic N) is 4. The molecule has 0 aliphatic rings. The lowest BCUT2D eigenvalue weighted by atomic mass is 10.3. The molecule has 4 rings (SSSR count). The van der Waals surface area contributed by atoms with Crippen molar-refractivity contribution in [1.82, 2.24) is 19.2 Å². The molecule has 0 aliphatic carbocycles. The van der Waals surface area contributed by atoms with E-state index in [0.717, 1.165) is 27.6 Å². The third-order valence-electron chi connectivity index (χ3n) is 3.97. The Morgan fingerprint density at radius 1 is 1.04 bits per heavy atom. The zero-order valence-corrected chi connectivity index (χ0v) is 14.1. The molecule has 0 aliphatic heterocycles. The fraction of sp³-hybridized carbons (Fsp3) is 0.176. The van der Waals surface area contributed by atoms with Crippen molar-refractivity contribution in [3.8, 4) is 16.3 Å². The van der Waals surface area contributed by atoms with Crippen LogP contribution in [-0.4, -0.2) is 19.2 Å². The van der Waals surface area contributed by atoms with Crippen molar-refractivity contribution in [2.75, 3.05) is 5.73 Å². The molecule has 4 aromatic rings. The van der Waals surface area contributed by atoms with Crippen LogP contribution in [0.25, 0.3) is 21.9 Å². The highest BCUT2D eigenvalue weighted by Gasteiger charge is 2.16. The Balaban J connectivity index is 1.93. The molecule has 5 nitrogen and oxygen atoms in total. The van der Waals surface area contributed by atoms with Crippen LogP contribution >= 0.6 is 11.3 Å². The van der Waals surface area contributed by atoms with Gasteiger partial charge in [-0.3, -0.25) is 0 Å². The molecule has 0 amide bonds. The second kappa shape index (κ2) is 4.96. The second-order valence-electron chi connectivity index (χ2n) is 5.71. The van der Waals surface area contributed by atoms with Crippen LogP contribution in [0.3, 0.4) is 0 Å². The average molecular weight is 323 g/mol. The van der Waals surface area contributed by atoms with E-state index in [0.29, 0.717) is 5.82 Å². The van der Waals surface area contributed by atoms with Gasteiger partial charge in [0.05, 0.1) is 10.6 Å². The Hall–Kier alpha value is -2.60. The minimum Gasteiger partial charge on any atom is -0.384 e. The van der Waals surface area contributed by atoms with Gasteiger partial charge in [-0.05, 0) is 44.4 Å². The first kappa shape index (κ1) is 14.0. The number of nitrogens with two attached hydrogens (primary N) is 1. The van der Waals surface area contributed by atoms with Crippen LogP contribution in [0, 0.1) is 20.8 Å². The number of fused-ring (bicyclic) bond motifs is 1. The summed E-state index contributed by atoms with van der Waals surface area (Å²) in [6.07, 6.45) is 0. The Labute approximate surface area is 138 Å². The normalized spacial score (nSPS) is 11.4. The SMILES string of the molecule is Cc1cc(N)n2nc(-c3sccc3-n3c(C)ccc3C)cc2n1. The molecule has 6 heteroatoms. The lowest BCUT2D eigenvalue weighted by molar-refractivity contribution is 0.941. The van der Waals surface area contributed by atoms with Gasteiger partial charge in [-0.2, -0.15) is 9.61 Å². The van der Waals surface area contributed by atoms with Gasteiger partial charge in [-0.1, -0.05) is 0 Å². The number of nitrogen functional groups attached to an aromatic ring is 1. The summed E-state index contributed by atoms with van der Waals surface area (Å²) in [4.78, 5) is 5.63. The van der Waals surface area contributed by atoms with Gasteiger partial charge in [0.25, 0.3) is 0 Å². The predicted octanol–water partition coefficient (Wildman–Crippen LogP) is 3.76. The number of hydrogen-bond donors (Lipinski definition) is 1. The molecule has 0 saturated heterocycles. The maximum Gasteiger partial charge on any atom is 0.158 e. The van der Waals surface area contributed by atoms with Crippen LogP contribution in [0.4, 0.5) is 5.82 Å². The van der Waals surface area contributed by atoms with Gasteiger partial charge in [0.2, 0.25) is 0 Å². The standard InChI is InChI=1S/C17H17N5S/c1-10-8-15(18)22-16(19-10)9-13(20-22)17-14(6-7-23-17)21-11(2)4-5-12(21)3/h4-9H,18H2,1-3H3. The lowest BCUT2D eigenvalue weighted by Gasteiger charge is -2.09. The van der Waals surface area contributed by atoms with Crippen molar-refractivity contribution in [2.24, 2.45) is 0 Å². The molecule has 4 aromatic heterocycles. The van der Waals surface area contributed by atoms with Crippen LogP contribution in [0.1, 0.15) is 17.1 Å². The number of rotatable bonds is 2. The summed E-state index contributed by atoms with van der Waals surface area (Å²) in [5, 5.41) is 6.74. The topological polar surface area (TPSA) is 61.1 Å². The van der Waals surface area contributed by atoms with E-state index >= 15 is 0 Å².